The van der Waals surface area contributed by atoms with Gasteiger partial charge in [0.05, 0.1) is 29.6 Å². The number of halogens is 1. The lowest BCUT2D eigenvalue weighted by Crippen LogP contribution is -2.26. The highest BCUT2D eigenvalue weighted by Crippen LogP contribution is 2.21. The van der Waals surface area contributed by atoms with E-state index >= 15 is 0 Å². The smallest absolute Gasteiger partial charge is 0.253 e. The molecule has 2 aromatic heterocycles. The minimum absolute atomic E-state index is 0.0425. The molecule has 4 rings (SSSR count). The first-order chi connectivity index (χ1) is 13.9. The summed E-state index contributed by atoms with van der Waals surface area (Å²) in [6.07, 6.45) is 1.63. The number of aromatic amines is 1. The van der Waals surface area contributed by atoms with Crippen molar-refractivity contribution >= 4 is 28.5 Å². The number of nitrogens with one attached hydrogen (secondary N) is 1. The molecule has 1 amide bonds. The molecule has 0 saturated carbocycles. The van der Waals surface area contributed by atoms with E-state index in [1.54, 1.807) is 11.2 Å². The van der Waals surface area contributed by atoms with Gasteiger partial charge in [0.25, 0.3) is 5.91 Å². The number of rotatable bonds is 5. The van der Waals surface area contributed by atoms with Crippen molar-refractivity contribution in [2.45, 2.75) is 26.9 Å². The van der Waals surface area contributed by atoms with Gasteiger partial charge in [-0.1, -0.05) is 29.8 Å². The molecule has 0 fully saturated rings. The van der Waals surface area contributed by atoms with Gasteiger partial charge in [-0.2, -0.15) is 5.10 Å². The molecule has 7 heteroatoms. The van der Waals surface area contributed by atoms with Crippen molar-refractivity contribution in [3.05, 3.63) is 81.9 Å². The predicted octanol–water partition coefficient (Wildman–Crippen LogP) is 4.35. The highest BCUT2D eigenvalue weighted by molar-refractivity contribution is 6.31. The van der Waals surface area contributed by atoms with Gasteiger partial charge >= 0.3 is 0 Å². The summed E-state index contributed by atoms with van der Waals surface area (Å²) < 4.78 is 1.95. The summed E-state index contributed by atoms with van der Waals surface area (Å²) in [5, 5.41) is 5.40. The minimum atomic E-state index is -0.0425. The zero-order valence-corrected chi connectivity index (χ0v) is 17.4. The number of benzene rings is 2. The maximum Gasteiger partial charge on any atom is 0.253 e. The van der Waals surface area contributed by atoms with Gasteiger partial charge in [0.15, 0.2) is 0 Å². The van der Waals surface area contributed by atoms with Crippen LogP contribution in [-0.4, -0.2) is 37.6 Å². The van der Waals surface area contributed by atoms with E-state index in [1.165, 1.54) is 0 Å². The standard InChI is InChI=1S/C22H22ClN5O/c1-14-18(15(2)28(26-14)11-17-6-4-5-7-19(17)23)12-27(3)22(29)16-8-9-20-21(10-16)25-13-24-20/h4-10,13H,11-12H2,1-3H3,(H,24,25). The number of aromatic nitrogens is 4. The summed E-state index contributed by atoms with van der Waals surface area (Å²) in [6.45, 7) is 5.09. The van der Waals surface area contributed by atoms with E-state index < -0.39 is 0 Å². The third-order valence-corrected chi connectivity index (χ3v) is 5.59. The Kier molecular flexibility index (Phi) is 5.11. The topological polar surface area (TPSA) is 66.8 Å². The second-order valence-corrected chi connectivity index (χ2v) is 7.60. The molecule has 0 unspecified atom stereocenters. The zero-order chi connectivity index (χ0) is 20.5. The van der Waals surface area contributed by atoms with Crippen molar-refractivity contribution in [3.63, 3.8) is 0 Å². The number of carbonyl (C=O) groups excluding carboxylic acids is 1. The molecule has 29 heavy (non-hydrogen) atoms. The molecular formula is C22H22ClN5O. The molecule has 0 saturated heterocycles. The van der Waals surface area contributed by atoms with Crippen LogP contribution in [0.5, 0.6) is 0 Å². The van der Waals surface area contributed by atoms with Crippen molar-refractivity contribution in [2.24, 2.45) is 0 Å². The third-order valence-electron chi connectivity index (χ3n) is 5.22. The molecule has 6 nitrogen and oxygen atoms in total. The van der Waals surface area contributed by atoms with E-state index in [0.717, 1.165) is 38.6 Å². The molecule has 1 N–H and O–H groups in total. The number of fused-ring (bicyclic) bond motifs is 1. The van der Waals surface area contributed by atoms with Gasteiger partial charge in [-0.15, -0.1) is 0 Å². The van der Waals surface area contributed by atoms with Gasteiger partial charge < -0.3 is 9.88 Å². The highest BCUT2D eigenvalue weighted by Gasteiger charge is 2.18. The van der Waals surface area contributed by atoms with Crippen molar-refractivity contribution in [2.75, 3.05) is 7.05 Å². The van der Waals surface area contributed by atoms with Crippen molar-refractivity contribution in [1.29, 1.82) is 0 Å². The first-order valence-electron chi connectivity index (χ1n) is 9.39. The molecule has 0 atom stereocenters. The van der Waals surface area contributed by atoms with Crippen LogP contribution in [0, 0.1) is 13.8 Å². The zero-order valence-electron chi connectivity index (χ0n) is 16.6. The van der Waals surface area contributed by atoms with Gasteiger partial charge in [0, 0.05) is 35.4 Å². The van der Waals surface area contributed by atoms with Gasteiger partial charge in [-0.25, -0.2) is 4.98 Å². The lowest BCUT2D eigenvalue weighted by atomic mass is 10.1. The van der Waals surface area contributed by atoms with E-state index in [9.17, 15) is 4.79 Å². The summed E-state index contributed by atoms with van der Waals surface area (Å²) in [6, 6.07) is 13.3. The van der Waals surface area contributed by atoms with E-state index in [0.29, 0.717) is 18.7 Å². The Hall–Kier alpha value is -3.12. The molecule has 0 aliphatic rings. The summed E-state index contributed by atoms with van der Waals surface area (Å²) in [5.41, 5.74) is 6.34. The first-order valence-corrected chi connectivity index (χ1v) is 9.76. The maximum absolute atomic E-state index is 12.9. The molecule has 0 aliphatic heterocycles. The average molecular weight is 408 g/mol. The SMILES string of the molecule is Cc1nn(Cc2ccccc2Cl)c(C)c1CN(C)C(=O)c1ccc2nc[nH]c2c1. The fourth-order valence-electron chi connectivity index (χ4n) is 3.50. The van der Waals surface area contributed by atoms with Crippen LogP contribution < -0.4 is 0 Å². The van der Waals surface area contributed by atoms with Crippen molar-refractivity contribution < 1.29 is 4.79 Å². The van der Waals surface area contributed by atoms with Gasteiger partial charge in [-0.3, -0.25) is 9.48 Å². The van der Waals surface area contributed by atoms with E-state index in [4.69, 9.17) is 11.6 Å². The second-order valence-electron chi connectivity index (χ2n) is 7.19. The number of carbonyl (C=O) groups is 1. The summed E-state index contributed by atoms with van der Waals surface area (Å²) in [4.78, 5) is 21.9. The normalized spacial score (nSPS) is 11.2. The molecule has 0 spiro atoms. The Balaban J connectivity index is 1.54. The lowest BCUT2D eigenvalue weighted by Gasteiger charge is -2.18. The van der Waals surface area contributed by atoms with Crippen LogP contribution in [0.3, 0.4) is 0 Å². The minimum Gasteiger partial charge on any atom is -0.345 e. The first kappa shape index (κ1) is 19.2. The number of hydrogen-bond acceptors (Lipinski definition) is 3. The molecule has 148 valence electrons. The lowest BCUT2D eigenvalue weighted by molar-refractivity contribution is 0.0785. The molecule has 2 heterocycles. The maximum atomic E-state index is 12.9. The number of nitrogens with zero attached hydrogens (tertiary/aromatic N) is 4. The predicted molar refractivity (Wildman–Crippen MR) is 114 cm³/mol. The Bertz CT molecular complexity index is 1190. The Morgan fingerprint density at radius 3 is 2.79 bits per heavy atom. The quantitative estimate of drug-likeness (QED) is 0.534. The van der Waals surface area contributed by atoms with Crippen LogP contribution in [-0.2, 0) is 13.1 Å². The number of imidazole rings is 1. The van der Waals surface area contributed by atoms with Crippen LogP contribution in [0.4, 0.5) is 0 Å². The van der Waals surface area contributed by atoms with E-state index in [2.05, 4.69) is 15.1 Å². The van der Waals surface area contributed by atoms with Crippen LogP contribution in [0.15, 0.2) is 48.8 Å². The van der Waals surface area contributed by atoms with E-state index in [-0.39, 0.29) is 5.91 Å². The fraction of sp³-hybridized carbons (Fsp3) is 0.227. The molecule has 4 aromatic rings. The summed E-state index contributed by atoms with van der Waals surface area (Å²) in [5.74, 6) is -0.0425. The number of aryl methyl sites for hydroxylation is 1. The van der Waals surface area contributed by atoms with Crippen molar-refractivity contribution in [1.82, 2.24) is 24.6 Å². The Morgan fingerprint density at radius 1 is 1.21 bits per heavy atom. The highest BCUT2D eigenvalue weighted by atomic mass is 35.5. The van der Waals surface area contributed by atoms with Crippen LogP contribution in [0.2, 0.25) is 5.02 Å². The second kappa shape index (κ2) is 7.72. The van der Waals surface area contributed by atoms with Gasteiger partial charge in [0.1, 0.15) is 0 Å². The number of H-pyrrole nitrogens is 1. The number of hydrogen-bond donors (Lipinski definition) is 1. The largest absolute Gasteiger partial charge is 0.345 e. The summed E-state index contributed by atoms with van der Waals surface area (Å²) >= 11 is 6.30. The molecule has 2 aromatic carbocycles. The molecule has 0 bridgehead atoms. The molecule has 0 aliphatic carbocycles. The summed E-state index contributed by atoms with van der Waals surface area (Å²) in [7, 11) is 1.81. The van der Waals surface area contributed by atoms with Crippen LogP contribution in [0.25, 0.3) is 11.0 Å². The average Bonchev–Trinajstić information content (AvgIpc) is 3.28. The third kappa shape index (κ3) is 3.76. The van der Waals surface area contributed by atoms with Gasteiger partial charge in [-0.05, 0) is 43.7 Å². The fourth-order valence-corrected chi connectivity index (χ4v) is 3.70. The van der Waals surface area contributed by atoms with Crippen LogP contribution >= 0.6 is 11.6 Å². The Labute approximate surface area is 174 Å². The molecule has 0 radical (unpaired) electrons. The Morgan fingerprint density at radius 2 is 2.00 bits per heavy atom. The van der Waals surface area contributed by atoms with Gasteiger partial charge in [0.2, 0.25) is 0 Å². The van der Waals surface area contributed by atoms with Crippen molar-refractivity contribution in [3.8, 4) is 0 Å². The number of amides is 1. The monoisotopic (exact) mass is 407 g/mol. The van der Waals surface area contributed by atoms with E-state index in [1.807, 2.05) is 68.0 Å². The molecular weight excluding hydrogens is 386 g/mol. The van der Waals surface area contributed by atoms with Crippen LogP contribution in [0.1, 0.15) is 32.9 Å².